The van der Waals surface area contributed by atoms with Crippen LogP contribution in [0, 0.1) is 17.0 Å². The van der Waals surface area contributed by atoms with Crippen LogP contribution in [-0.4, -0.2) is 34.4 Å². The van der Waals surface area contributed by atoms with Crippen LogP contribution in [0.15, 0.2) is 42.5 Å². The molecule has 122 valence electrons. The number of hydrogen-bond acceptors (Lipinski definition) is 6. The number of aliphatic hydroxyl groups is 2. The van der Waals surface area contributed by atoms with Crippen LogP contribution in [0.5, 0.6) is 0 Å². The summed E-state index contributed by atoms with van der Waals surface area (Å²) in [6.45, 7) is 1.67. The Hall–Kier alpha value is -2.64. The number of nitrogens with zero attached hydrogens (tertiary/aromatic N) is 1. The van der Waals surface area contributed by atoms with Gasteiger partial charge in [0.05, 0.1) is 29.0 Å². The molecule has 7 nitrogen and oxygen atoms in total. The maximum atomic E-state index is 10.9. The van der Waals surface area contributed by atoms with Crippen molar-refractivity contribution in [3.63, 3.8) is 0 Å². The van der Waals surface area contributed by atoms with Crippen LogP contribution >= 0.6 is 0 Å². The lowest BCUT2D eigenvalue weighted by molar-refractivity contribution is -0.384. The Morgan fingerprint density at radius 2 is 2.00 bits per heavy atom. The highest BCUT2D eigenvalue weighted by molar-refractivity contribution is 5.76. The first kappa shape index (κ1) is 16.7. The summed E-state index contributed by atoms with van der Waals surface area (Å²) in [6.07, 6.45) is -0.943. The van der Waals surface area contributed by atoms with Gasteiger partial charge in [-0.05, 0) is 30.7 Å². The van der Waals surface area contributed by atoms with Gasteiger partial charge in [-0.2, -0.15) is 0 Å². The quantitative estimate of drug-likeness (QED) is 0.461. The number of nitrogens with one attached hydrogen (secondary N) is 2. The molecule has 0 aliphatic carbocycles. The summed E-state index contributed by atoms with van der Waals surface area (Å²) in [6, 6.07) is 12.1. The predicted octanol–water partition coefficient (Wildman–Crippen LogP) is 2.41. The molecule has 1 atom stereocenters. The molecular weight excluding hydrogens is 298 g/mol. The van der Waals surface area contributed by atoms with Crippen molar-refractivity contribution in [1.29, 1.82) is 0 Å². The number of nitro benzene ring substituents is 1. The van der Waals surface area contributed by atoms with Gasteiger partial charge in [0.1, 0.15) is 0 Å². The van der Waals surface area contributed by atoms with Crippen LogP contribution in [0.2, 0.25) is 0 Å². The van der Waals surface area contributed by atoms with E-state index in [0.717, 1.165) is 11.3 Å². The lowest BCUT2D eigenvalue weighted by Gasteiger charge is -2.16. The third kappa shape index (κ3) is 4.67. The Kier molecular flexibility index (Phi) is 5.51. The Bertz CT molecular complexity index is 691. The van der Waals surface area contributed by atoms with Gasteiger partial charge in [-0.25, -0.2) is 0 Å². The molecule has 0 bridgehead atoms. The third-order valence-corrected chi connectivity index (χ3v) is 3.25. The second-order valence-electron chi connectivity index (χ2n) is 5.20. The summed E-state index contributed by atoms with van der Waals surface area (Å²) in [5, 5.41) is 35.4. The highest BCUT2D eigenvalue weighted by atomic mass is 16.6. The molecule has 23 heavy (non-hydrogen) atoms. The van der Waals surface area contributed by atoms with Gasteiger partial charge in [-0.3, -0.25) is 10.1 Å². The monoisotopic (exact) mass is 317 g/mol. The predicted molar refractivity (Wildman–Crippen MR) is 89.1 cm³/mol. The molecule has 0 saturated heterocycles. The van der Waals surface area contributed by atoms with E-state index in [2.05, 4.69) is 10.6 Å². The molecule has 0 aromatic heterocycles. The zero-order valence-corrected chi connectivity index (χ0v) is 12.7. The minimum absolute atomic E-state index is 0.0548. The molecule has 2 rings (SSSR count). The zero-order valence-electron chi connectivity index (χ0n) is 12.7. The van der Waals surface area contributed by atoms with Crippen molar-refractivity contribution in [2.24, 2.45) is 0 Å². The fourth-order valence-electron chi connectivity index (χ4n) is 2.07. The van der Waals surface area contributed by atoms with Gasteiger partial charge in [0.2, 0.25) is 0 Å². The Morgan fingerprint density at radius 1 is 1.22 bits per heavy atom. The second-order valence-corrected chi connectivity index (χ2v) is 5.20. The Balaban J connectivity index is 2.27. The van der Waals surface area contributed by atoms with Gasteiger partial charge >= 0.3 is 0 Å². The third-order valence-electron chi connectivity index (χ3n) is 3.25. The van der Waals surface area contributed by atoms with Crippen molar-refractivity contribution in [2.75, 3.05) is 23.8 Å². The van der Waals surface area contributed by atoms with Crippen LogP contribution in [0.1, 0.15) is 5.56 Å². The topological polar surface area (TPSA) is 108 Å². The maximum absolute atomic E-state index is 10.9. The fourth-order valence-corrected chi connectivity index (χ4v) is 2.07. The van der Waals surface area contributed by atoms with Crippen molar-refractivity contribution >= 4 is 22.7 Å². The fraction of sp³-hybridized carbons (Fsp3) is 0.250. The molecule has 0 fully saturated rings. The molecule has 0 aliphatic heterocycles. The summed E-state index contributed by atoms with van der Waals surface area (Å²) in [5.74, 6) is 0. The molecule has 4 N–H and O–H groups in total. The average molecular weight is 317 g/mol. The van der Waals surface area contributed by atoms with Crippen LogP contribution in [0.3, 0.4) is 0 Å². The van der Waals surface area contributed by atoms with E-state index in [0.29, 0.717) is 11.4 Å². The molecule has 0 radical (unpaired) electrons. The second kappa shape index (κ2) is 7.57. The SMILES string of the molecule is Cc1cccc(Nc2ccc([N+](=O)[O-])cc2NCC(O)CO)c1. The first-order valence-corrected chi connectivity index (χ1v) is 7.14. The highest BCUT2D eigenvalue weighted by Crippen LogP contribution is 2.30. The Labute approximate surface area is 133 Å². The lowest BCUT2D eigenvalue weighted by atomic mass is 10.2. The number of anilines is 3. The molecule has 0 amide bonds. The van der Waals surface area contributed by atoms with E-state index in [1.165, 1.54) is 12.1 Å². The zero-order chi connectivity index (χ0) is 16.8. The summed E-state index contributed by atoms with van der Waals surface area (Å²) in [4.78, 5) is 10.4. The van der Waals surface area contributed by atoms with Crippen molar-refractivity contribution in [2.45, 2.75) is 13.0 Å². The first-order valence-electron chi connectivity index (χ1n) is 7.14. The van der Waals surface area contributed by atoms with E-state index in [1.54, 1.807) is 6.07 Å². The first-order chi connectivity index (χ1) is 11.0. The number of aliphatic hydroxyl groups excluding tert-OH is 2. The summed E-state index contributed by atoms with van der Waals surface area (Å²) in [5.41, 5.74) is 3.01. The minimum atomic E-state index is -0.943. The molecule has 7 heteroatoms. The number of benzene rings is 2. The molecule has 0 saturated carbocycles. The number of non-ortho nitro benzene ring substituents is 1. The molecule has 1 unspecified atom stereocenters. The van der Waals surface area contributed by atoms with Crippen molar-refractivity contribution in [3.05, 3.63) is 58.1 Å². The van der Waals surface area contributed by atoms with Gasteiger partial charge in [-0.15, -0.1) is 0 Å². The van der Waals surface area contributed by atoms with Gasteiger partial charge in [-0.1, -0.05) is 12.1 Å². The van der Waals surface area contributed by atoms with Crippen molar-refractivity contribution < 1.29 is 15.1 Å². The number of hydrogen-bond donors (Lipinski definition) is 4. The van der Waals surface area contributed by atoms with E-state index >= 15 is 0 Å². The largest absolute Gasteiger partial charge is 0.394 e. The summed E-state index contributed by atoms with van der Waals surface area (Å²) in [7, 11) is 0. The molecular formula is C16H19N3O4. The molecule has 0 heterocycles. The summed E-state index contributed by atoms with van der Waals surface area (Å²) >= 11 is 0. The Morgan fingerprint density at radius 3 is 2.65 bits per heavy atom. The molecule has 0 aliphatic rings. The van der Waals surface area contributed by atoms with Gasteiger partial charge in [0.25, 0.3) is 5.69 Å². The summed E-state index contributed by atoms with van der Waals surface area (Å²) < 4.78 is 0. The van der Waals surface area contributed by atoms with Gasteiger partial charge < -0.3 is 20.8 Å². The van der Waals surface area contributed by atoms with Crippen molar-refractivity contribution in [1.82, 2.24) is 0 Å². The maximum Gasteiger partial charge on any atom is 0.271 e. The van der Waals surface area contributed by atoms with Gasteiger partial charge in [0, 0.05) is 24.4 Å². The van der Waals surface area contributed by atoms with Crippen LogP contribution in [0.25, 0.3) is 0 Å². The number of aryl methyl sites for hydroxylation is 1. The standard InChI is InChI=1S/C16H19N3O4/c1-11-3-2-4-12(7-11)18-15-6-5-13(19(22)23)8-16(15)17-9-14(21)10-20/h2-8,14,17-18,20-21H,9-10H2,1H3. The minimum Gasteiger partial charge on any atom is -0.394 e. The van der Waals surface area contributed by atoms with Crippen LogP contribution in [0.4, 0.5) is 22.7 Å². The van der Waals surface area contributed by atoms with Crippen LogP contribution in [-0.2, 0) is 0 Å². The van der Waals surface area contributed by atoms with Crippen molar-refractivity contribution in [3.8, 4) is 0 Å². The van der Waals surface area contributed by atoms with E-state index < -0.39 is 11.0 Å². The van der Waals surface area contributed by atoms with E-state index in [4.69, 9.17) is 5.11 Å². The van der Waals surface area contributed by atoms with E-state index in [1.807, 2.05) is 31.2 Å². The highest BCUT2D eigenvalue weighted by Gasteiger charge is 2.12. The van der Waals surface area contributed by atoms with Crippen LogP contribution < -0.4 is 10.6 Å². The number of rotatable bonds is 7. The molecule has 2 aromatic rings. The van der Waals surface area contributed by atoms with Gasteiger partial charge in [0.15, 0.2) is 0 Å². The smallest absolute Gasteiger partial charge is 0.271 e. The normalized spacial score (nSPS) is 11.8. The molecule has 0 spiro atoms. The van der Waals surface area contributed by atoms with E-state index in [9.17, 15) is 15.2 Å². The van der Waals surface area contributed by atoms with E-state index in [-0.39, 0.29) is 18.8 Å². The average Bonchev–Trinajstić information content (AvgIpc) is 2.53. The lowest BCUT2D eigenvalue weighted by Crippen LogP contribution is -2.23. The number of nitro groups is 1. The molecule has 2 aromatic carbocycles.